The Morgan fingerprint density at radius 1 is 1.15 bits per heavy atom. The summed E-state index contributed by atoms with van der Waals surface area (Å²) in [4.78, 5) is 17.6. The van der Waals surface area contributed by atoms with Gasteiger partial charge in [-0.1, -0.05) is 18.2 Å². The molecule has 5 rings (SSSR count). The number of aromatic nitrogens is 3. The maximum absolute atomic E-state index is 14.1. The minimum atomic E-state index is -0.221. The lowest BCUT2D eigenvalue weighted by molar-refractivity contribution is 0.206. The van der Waals surface area contributed by atoms with Gasteiger partial charge in [0.15, 0.2) is 5.82 Å². The molecule has 7 heteroatoms. The number of H-pyrrole nitrogens is 2. The number of hydrogen-bond acceptors (Lipinski definition) is 2. The van der Waals surface area contributed by atoms with Crippen molar-refractivity contribution in [3.63, 3.8) is 0 Å². The topological polar surface area (TPSA) is 76.8 Å². The lowest BCUT2D eigenvalue weighted by Gasteiger charge is -2.27. The third-order valence-corrected chi connectivity index (χ3v) is 4.93. The number of nitrogens with zero attached hydrogens (tertiary/aromatic N) is 2. The predicted octanol–water partition coefficient (Wildman–Crippen LogP) is 3.77. The summed E-state index contributed by atoms with van der Waals surface area (Å²) in [5.41, 5.74) is 3.50. The van der Waals surface area contributed by atoms with Gasteiger partial charge in [-0.25, -0.2) is 9.18 Å². The SMILES string of the molecule is O=C(Nc1n[nH]c2ccccc12)N1CCc2c([nH]c3cccc(F)c23)C1. The number of nitrogens with one attached hydrogen (secondary N) is 3. The van der Waals surface area contributed by atoms with Gasteiger partial charge in [-0.05, 0) is 36.2 Å². The molecule has 2 amide bonds. The van der Waals surface area contributed by atoms with Crippen molar-refractivity contribution in [2.45, 2.75) is 13.0 Å². The second kappa shape index (κ2) is 5.59. The number of para-hydroxylation sites is 1. The maximum atomic E-state index is 14.1. The van der Waals surface area contributed by atoms with Crippen LogP contribution in [0, 0.1) is 5.82 Å². The highest BCUT2D eigenvalue weighted by atomic mass is 19.1. The van der Waals surface area contributed by atoms with Gasteiger partial charge in [-0.3, -0.25) is 10.4 Å². The summed E-state index contributed by atoms with van der Waals surface area (Å²) in [5.74, 6) is 0.292. The van der Waals surface area contributed by atoms with E-state index in [0.717, 1.165) is 27.7 Å². The Balaban J connectivity index is 1.41. The van der Waals surface area contributed by atoms with Gasteiger partial charge < -0.3 is 9.88 Å². The number of benzene rings is 2. The molecule has 0 saturated carbocycles. The molecule has 0 radical (unpaired) electrons. The van der Waals surface area contributed by atoms with Crippen LogP contribution in [-0.4, -0.2) is 32.7 Å². The molecule has 2 aromatic heterocycles. The molecular weight excluding hydrogens is 333 g/mol. The van der Waals surface area contributed by atoms with E-state index >= 15 is 0 Å². The van der Waals surface area contributed by atoms with E-state index < -0.39 is 0 Å². The molecule has 3 N–H and O–H groups in total. The van der Waals surface area contributed by atoms with Crippen LogP contribution in [0.5, 0.6) is 0 Å². The Kier molecular flexibility index (Phi) is 3.21. The molecule has 1 aliphatic heterocycles. The van der Waals surface area contributed by atoms with Crippen molar-refractivity contribution in [1.29, 1.82) is 0 Å². The van der Waals surface area contributed by atoms with E-state index in [4.69, 9.17) is 0 Å². The van der Waals surface area contributed by atoms with Crippen molar-refractivity contribution in [2.24, 2.45) is 0 Å². The van der Waals surface area contributed by atoms with Gasteiger partial charge in [-0.15, -0.1) is 0 Å². The molecule has 0 bridgehead atoms. The Labute approximate surface area is 148 Å². The molecule has 2 aromatic carbocycles. The molecular formula is C19H16FN5O. The van der Waals surface area contributed by atoms with E-state index in [1.807, 2.05) is 30.3 Å². The number of urea groups is 1. The quantitative estimate of drug-likeness (QED) is 0.489. The Hall–Kier alpha value is -3.35. The first-order chi connectivity index (χ1) is 12.7. The average molecular weight is 349 g/mol. The largest absolute Gasteiger partial charge is 0.357 e. The lowest BCUT2D eigenvalue weighted by Crippen LogP contribution is -2.38. The minimum Gasteiger partial charge on any atom is -0.357 e. The van der Waals surface area contributed by atoms with Crippen LogP contribution in [0.2, 0.25) is 0 Å². The van der Waals surface area contributed by atoms with E-state index in [1.165, 1.54) is 6.07 Å². The van der Waals surface area contributed by atoms with Gasteiger partial charge in [0.1, 0.15) is 5.82 Å². The summed E-state index contributed by atoms with van der Waals surface area (Å²) in [7, 11) is 0. The summed E-state index contributed by atoms with van der Waals surface area (Å²) < 4.78 is 14.1. The zero-order valence-corrected chi connectivity index (χ0v) is 13.8. The van der Waals surface area contributed by atoms with E-state index in [9.17, 15) is 9.18 Å². The smallest absolute Gasteiger partial charge is 0.323 e. The maximum Gasteiger partial charge on any atom is 0.323 e. The number of halogens is 1. The van der Waals surface area contributed by atoms with Gasteiger partial charge in [0.25, 0.3) is 0 Å². The molecule has 0 atom stereocenters. The van der Waals surface area contributed by atoms with Crippen molar-refractivity contribution in [3.8, 4) is 0 Å². The predicted molar refractivity (Wildman–Crippen MR) is 97.5 cm³/mol. The third kappa shape index (κ3) is 2.24. The molecule has 0 saturated heterocycles. The summed E-state index contributed by atoms with van der Waals surface area (Å²) in [5, 5.41) is 11.5. The first-order valence-electron chi connectivity index (χ1n) is 8.47. The van der Waals surface area contributed by atoms with Gasteiger partial charge in [0, 0.05) is 28.5 Å². The van der Waals surface area contributed by atoms with Crippen molar-refractivity contribution in [2.75, 3.05) is 11.9 Å². The van der Waals surface area contributed by atoms with E-state index in [1.54, 1.807) is 11.0 Å². The second-order valence-corrected chi connectivity index (χ2v) is 6.46. The Bertz CT molecular complexity index is 1150. The number of hydrogen-bond donors (Lipinski definition) is 3. The number of carbonyl (C=O) groups is 1. The van der Waals surface area contributed by atoms with Crippen LogP contribution in [0.4, 0.5) is 15.0 Å². The normalized spacial score (nSPS) is 14.0. The van der Waals surface area contributed by atoms with E-state index in [2.05, 4.69) is 20.5 Å². The van der Waals surface area contributed by atoms with Crippen molar-refractivity contribution in [3.05, 3.63) is 59.5 Å². The van der Waals surface area contributed by atoms with Gasteiger partial charge in [0.05, 0.1) is 12.1 Å². The minimum absolute atomic E-state index is 0.216. The van der Waals surface area contributed by atoms with Gasteiger partial charge >= 0.3 is 6.03 Å². The molecule has 1 aliphatic rings. The van der Waals surface area contributed by atoms with Gasteiger partial charge in [-0.2, -0.15) is 5.10 Å². The highest BCUT2D eigenvalue weighted by Gasteiger charge is 2.25. The Morgan fingerprint density at radius 3 is 2.92 bits per heavy atom. The molecule has 6 nitrogen and oxygen atoms in total. The zero-order chi connectivity index (χ0) is 17.7. The van der Waals surface area contributed by atoms with Crippen molar-refractivity contribution < 1.29 is 9.18 Å². The first kappa shape index (κ1) is 14.9. The molecule has 130 valence electrons. The molecule has 4 aromatic rings. The summed E-state index contributed by atoms with van der Waals surface area (Å²) in [6, 6.07) is 12.4. The van der Waals surface area contributed by atoms with Crippen LogP contribution >= 0.6 is 0 Å². The van der Waals surface area contributed by atoms with Crippen LogP contribution in [0.15, 0.2) is 42.5 Å². The average Bonchev–Trinajstić information content (AvgIpc) is 3.23. The van der Waals surface area contributed by atoms with Crippen LogP contribution < -0.4 is 5.32 Å². The fourth-order valence-corrected chi connectivity index (χ4v) is 3.66. The molecule has 3 heterocycles. The van der Waals surface area contributed by atoms with Gasteiger partial charge in [0.2, 0.25) is 0 Å². The van der Waals surface area contributed by atoms with Crippen LogP contribution in [-0.2, 0) is 13.0 Å². The molecule has 0 aliphatic carbocycles. The summed E-state index contributed by atoms with van der Waals surface area (Å²) in [6.45, 7) is 0.945. The number of carbonyl (C=O) groups excluding carboxylic acids is 1. The molecule has 0 fully saturated rings. The van der Waals surface area contributed by atoms with Crippen LogP contribution in [0.3, 0.4) is 0 Å². The highest BCUT2D eigenvalue weighted by molar-refractivity contribution is 5.99. The molecule has 0 spiro atoms. The first-order valence-corrected chi connectivity index (χ1v) is 8.47. The van der Waals surface area contributed by atoms with Crippen LogP contribution in [0.1, 0.15) is 11.3 Å². The number of aromatic amines is 2. The number of fused-ring (bicyclic) bond motifs is 4. The number of amides is 2. The standard InChI is InChI=1S/C19H16FN5O/c20-13-5-3-7-15-17(13)11-8-9-25(10-16(11)21-15)19(26)22-18-12-4-1-2-6-14(12)23-24-18/h1-7,21H,8-10H2,(H2,22,23,24,26). The Morgan fingerprint density at radius 2 is 2.00 bits per heavy atom. The van der Waals surface area contributed by atoms with E-state index in [0.29, 0.717) is 30.7 Å². The number of rotatable bonds is 1. The molecule has 0 unspecified atom stereocenters. The summed E-state index contributed by atoms with van der Waals surface area (Å²) in [6.07, 6.45) is 0.616. The lowest BCUT2D eigenvalue weighted by atomic mass is 10.0. The summed E-state index contributed by atoms with van der Waals surface area (Å²) >= 11 is 0. The fraction of sp³-hybridized carbons (Fsp3) is 0.158. The fourth-order valence-electron chi connectivity index (χ4n) is 3.66. The second-order valence-electron chi connectivity index (χ2n) is 6.46. The number of anilines is 1. The van der Waals surface area contributed by atoms with Crippen molar-refractivity contribution >= 4 is 33.7 Å². The van der Waals surface area contributed by atoms with E-state index in [-0.39, 0.29) is 11.8 Å². The van der Waals surface area contributed by atoms with Crippen LogP contribution in [0.25, 0.3) is 21.8 Å². The monoisotopic (exact) mass is 349 g/mol. The third-order valence-electron chi connectivity index (χ3n) is 4.93. The van der Waals surface area contributed by atoms with Crippen molar-refractivity contribution in [1.82, 2.24) is 20.1 Å². The highest BCUT2D eigenvalue weighted by Crippen LogP contribution is 2.30. The molecule has 26 heavy (non-hydrogen) atoms. The zero-order valence-electron chi connectivity index (χ0n) is 13.8.